The zero-order chi connectivity index (χ0) is 13.0. The maximum atomic E-state index is 13.1. The Balaban J connectivity index is 2.17. The van der Waals surface area contributed by atoms with Crippen molar-refractivity contribution in [3.63, 3.8) is 0 Å². The summed E-state index contributed by atoms with van der Waals surface area (Å²) in [5, 5.41) is 3.10. The molecule has 0 aliphatic heterocycles. The molecule has 94 valence electrons. The number of aryl methyl sites for hydroxylation is 1. The van der Waals surface area contributed by atoms with Crippen LogP contribution >= 0.6 is 0 Å². The lowest BCUT2D eigenvalue weighted by Crippen LogP contribution is -1.98. The van der Waals surface area contributed by atoms with Gasteiger partial charge in [-0.15, -0.1) is 0 Å². The van der Waals surface area contributed by atoms with Crippen molar-refractivity contribution in [1.82, 2.24) is 4.98 Å². The summed E-state index contributed by atoms with van der Waals surface area (Å²) in [4.78, 5) is 4.15. The third kappa shape index (κ3) is 2.97. The molecule has 1 heterocycles. The second-order valence-corrected chi connectivity index (χ2v) is 3.92. The Morgan fingerprint density at radius 1 is 1.22 bits per heavy atom. The van der Waals surface area contributed by atoms with E-state index in [1.807, 2.05) is 13.0 Å². The minimum atomic E-state index is -0.231. The molecule has 0 bridgehead atoms. The number of benzene rings is 1. The summed E-state index contributed by atoms with van der Waals surface area (Å²) >= 11 is 0. The lowest BCUT2D eigenvalue weighted by Gasteiger charge is -2.08. The molecule has 1 aromatic heterocycles. The number of rotatable bonds is 4. The van der Waals surface area contributed by atoms with E-state index < -0.39 is 0 Å². The van der Waals surface area contributed by atoms with E-state index in [4.69, 9.17) is 4.74 Å². The molecule has 0 aliphatic rings. The predicted molar refractivity (Wildman–Crippen MR) is 69.6 cm³/mol. The van der Waals surface area contributed by atoms with Crippen LogP contribution in [0, 0.1) is 12.7 Å². The minimum absolute atomic E-state index is 0.231. The van der Waals surface area contributed by atoms with Crippen molar-refractivity contribution in [2.24, 2.45) is 0 Å². The van der Waals surface area contributed by atoms with Crippen LogP contribution in [0.25, 0.3) is 0 Å². The maximum Gasteiger partial charge on any atom is 0.132 e. The predicted octanol–water partition coefficient (Wildman–Crippen LogP) is 3.75. The number of anilines is 1. The van der Waals surface area contributed by atoms with Crippen molar-refractivity contribution in [2.45, 2.75) is 13.8 Å². The number of nitrogens with zero attached hydrogens (tertiary/aromatic N) is 1. The Morgan fingerprint density at radius 2 is 2.00 bits per heavy atom. The van der Waals surface area contributed by atoms with Gasteiger partial charge in [-0.25, -0.2) is 9.37 Å². The molecule has 0 unspecified atom stereocenters. The lowest BCUT2D eigenvalue weighted by molar-refractivity contribution is 0.479. The highest BCUT2D eigenvalue weighted by Gasteiger charge is 2.02. The van der Waals surface area contributed by atoms with Gasteiger partial charge in [-0.3, -0.25) is 0 Å². The molecule has 0 fully saturated rings. The number of halogens is 1. The Hall–Kier alpha value is -2.10. The van der Waals surface area contributed by atoms with Gasteiger partial charge < -0.3 is 10.1 Å². The van der Waals surface area contributed by atoms with E-state index in [0.29, 0.717) is 17.1 Å². The summed E-state index contributed by atoms with van der Waals surface area (Å²) in [6.45, 7) is 4.50. The van der Waals surface area contributed by atoms with Crippen molar-refractivity contribution in [2.75, 3.05) is 11.9 Å². The molecule has 0 radical (unpaired) electrons. The number of nitrogens with one attached hydrogen (secondary N) is 1. The Kier molecular flexibility index (Phi) is 3.77. The van der Waals surface area contributed by atoms with Crippen molar-refractivity contribution >= 4 is 5.82 Å². The van der Waals surface area contributed by atoms with Crippen LogP contribution in [-0.2, 0) is 0 Å². The van der Waals surface area contributed by atoms with Gasteiger partial charge in [0.2, 0.25) is 0 Å². The smallest absolute Gasteiger partial charge is 0.132 e. The van der Waals surface area contributed by atoms with E-state index in [2.05, 4.69) is 10.3 Å². The summed E-state index contributed by atoms with van der Waals surface area (Å²) in [7, 11) is 0. The van der Waals surface area contributed by atoms with Gasteiger partial charge in [0.25, 0.3) is 0 Å². The van der Waals surface area contributed by atoms with Gasteiger partial charge in [-0.05, 0) is 43.7 Å². The lowest BCUT2D eigenvalue weighted by atomic mass is 10.2. The van der Waals surface area contributed by atoms with Gasteiger partial charge in [0.05, 0.1) is 0 Å². The topological polar surface area (TPSA) is 34.1 Å². The highest BCUT2D eigenvalue weighted by atomic mass is 19.1. The molecule has 18 heavy (non-hydrogen) atoms. The van der Waals surface area contributed by atoms with E-state index in [0.717, 1.165) is 12.4 Å². The second kappa shape index (κ2) is 5.49. The molecule has 2 rings (SSSR count). The van der Waals surface area contributed by atoms with Crippen LogP contribution in [0.15, 0.2) is 36.5 Å². The van der Waals surface area contributed by atoms with E-state index in [9.17, 15) is 4.39 Å². The van der Waals surface area contributed by atoms with Crippen LogP contribution in [0.2, 0.25) is 0 Å². The fraction of sp³-hybridized carbons (Fsp3) is 0.214. The number of pyridine rings is 1. The minimum Gasteiger partial charge on any atom is -0.457 e. The second-order valence-electron chi connectivity index (χ2n) is 3.92. The van der Waals surface area contributed by atoms with Gasteiger partial charge in [-0.1, -0.05) is 0 Å². The Bertz CT molecular complexity index is 543. The first-order valence-electron chi connectivity index (χ1n) is 5.83. The molecule has 2 aromatic rings. The van der Waals surface area contributed by atoms with Crippen LogP contribution < -0.4 is 10.1 Å². The van der Waals surface area contributed by atoms with Crippen LogP contribution in [0.3, 0.4) is 0 Å². The van der Waals surface area contributed by atoms with Crippen molar-refractivity contribution in [1.29, 1.82) is 0 Å². The van der Waals surface area contributed by atoms with Crippen LogP contribution in [0.5, 0.6) is 11.5 Å². The average Bonchev–Trinajstić information content (AvgIpc) is 2.35. The quantitative estimate of drug-likeness (QED) is 0.892. The summed E-state index contributed by atoms with van der Waals surface area (Å²) in [5.41, 5.74) is 0.563. The average molecular weight is 246 g/mol. The number of hydrogen-bond acceptors (Lipinski definition) is 3. The van der Waals surface area contributed by atoms with Crippen LogP contribution in [-0.4, -0.2) is 11.5 Å². The van der Waals surface area contributed by atoms with Crippen molar-refractivity contribution in [3.05, 3.63) is 47.9 Å². The number of ether oxygens (including phenoxy) is 1. The first kappa shape index (κ1) is 12.4. The van der Waals surface area contributed by atoms with Gasteiger partial charge in [0.15, 0.2) is 0 Å². The summed E-state index contributed by atoms with van der Waals surface area (Å²) in [6.07, 6.45) is 1.67. The molecule has 0 saturated heterocycles. The molecule has 4 heteroatoms. The van der Waals surface area contributed by atoms with Crippen LogP contribution in [0.4, 0.5) is 10.2 Å². The van der Waals surface area contributed by atoms with Crippen molar-refractivity contribution in [3.8, 4) is 11.5 Å². The molecular weight excluding hydrogens is 231 g/mol. The maximum absolute atomic E-state index is 13.1. The van der Waals surface area contributed by atoms with E-state index >= 15 is 0 Å². The first-order valence-corrected chi connectivity index (χ1v) is 5.83. The third-order valence-corrected chi connectivity index (χ3v) is 2.45. The molecule has 0 amide bonds. The van der Waals surface area contributed by atoms with E-state index in [-0.39, 0.29) is 5.82 Å². The molecule has 1 N–H and O–H groups in total. The Morgan fingerprint density at radius 3 is 2.72 bits per heavy atom. The Labute approximate surface area is 106 Å². The van der Waals surface area contributed by atoms with E-state index in [1.54, 1.807) is 31.3 Å². The van der Waals surface area contributed by atoms with Crippen molar-refractivity contribution < 1.29 is 9.13 Å². The molecule has 1 aromatic carbocycles. The first-order chi connectivity index (χ1) is 8.69. The van der Waals surface area contributed by atoms with Crippen LogP contribution in [0.1, 0.15) is 12.5 Å². The highest BCUT2D eigenvalue weighted by molar-refractivity contribution is 5.42. The SMILES string of the molecule is CCNc1cc(Oc2ccc(F)c(C)c2)ccn1. The van der Waals surface area contributed by atoms with Gasteiger partial charge in [0.1, 0.15) is 23.1 Å². The standard InChI is InChI=1S/C14H15FN2O/c1-3-16-14-9-12(6-7-17-14)18-11-4-5-13(15)10(2)8-11/h4-9H,3H2,1-2H3,(H,16,17). The largest absolute Gasteiger partial charge is 0.457 e. The monoisotopic (exact) mass is 246 g/mol. The summed E-state index contributed by atoms with van der Waals surface area (Å²) in [6, 6.07) is 8.25. The summed E-state index contributed by atoms with van der Waals surface area (Å²) in [5.74, 6) is 1.81. The highest BCUT2D eigenvalue weighted by Crippen LogP contribution is 2.24. The molecule has 0 spiro atoms. The molecule has 3 nitrogen and oxygen atoms in total. The summed E-state index contributed by atoms with van der Waals surface area (Å²) < 4.78 is 18.8. The molecule has 0 saturated carbocycles. The van der Waals surface area contributed by atoms with Gasteiger partial charge in [0, 0.05) is 18.8 Å². The molecule has 0 aliphatic carbocycles. The van der Waals surface area contributed by atoms with Gasteiger partial charge >= 0.3 is 0 Å². The fourth-order valence-electron chi connectivity index (χ4n) is 1.57. The zero-order valence-electron chi connectivity index (χ0n) is 10.4. The third-order valence-electron chi connectivity index (χ3n) is 2.45. The normalized spacial score (nSPS) is 10.2. The number of hydrogen-bond donors (Lipinski definition) is 1. The molecule has 0 atom stereocenters. The fourth-order valence-corrected chi connectivity index (χ4v) is 1.57. The number of aromatic nitrogens is 1. The zero-order valence-corrected chi connectivity index (χ0v) is 10.4. The van der Waals surface area contributed by atoms with E-state index in [1.165, 1.54) is 6.07 Å². The van der Waals surface area contributed by atoms with Gasteiger partial charge in [-0.2, -0.15) is 0 Å². The molecular formula is C14H15FN2O.